The van der Waals surface area contributed by atoms with E-state index in [2.05, 4.69) is 37.4 Å². The number of benzene rings is 1. The molecule has 0 spiro atoms. The van der Waals surface area contributed by atoms with E-state index < -0.39 is 0 Å². The zero-order valence-electron chi connectivity index (χ0n) is 11.9. The molecule has 1 aromatic rings. The van der Waals surface area contributed by atoms with Crippen molar-refractivity contribution in [3.05, 3.63) is 29.3 Å². The molecule has 0 atom stereocenters. The molecular weight excluding hydrogens is 224 g/mol. The van der Waals surface area contributed by atoms with Crippen molar-refractivity contribution in [2.75, 3.05) is 25.5 Å². The number of hydrogen-bond donors (Lipinski definition) is 1. The zero-order valence-corrected chi connectivity index (χ0v) is 11.9. The van der Waals surface area contributed by atoms with Gasteiger partial charge in [0.25, 0.3) is 0 Å². The van der Waals surface area contributed by atoms with Crippen LogP contribution in [0.25, 0.3) is 0 Å². The minimum atomic E-state index is 0.143. The summed E-state index contributed by atoms with van der Waals surface area (Å²) in [4.78, 5) is 13.7. The fraction of sp³-hybridized carbons (Fsp3) is 0.533. The van der Waals surface area contributed by atoms with E-state index in [1.54, 1.807) is 4.90 Å². The molecule has 100 valence electrons. The van der Waals surface area contributed by atoms with Gasteiger partial charge in [-0.25, -0.2) is 0 Å². The standard InChI is InChI=1S/C15H24N2O/c1-5-6-9-17(4)15(18)11-16-14-10-12(2)7-8-13(14)3/h7-8,10,16H,5-6,9,11H2,1-4H3. The number of hydrogen-bond acceptors (Lipinski definition) is 2. The third-order valence-corrected chi connectivity index (χ3v) is 3.10. The minimum absolute atomic E-state index is 0.143. The number of nitrogens with one attached hydrogen (secondary N) is 1. The first-order chi connectivity index (χ1) is 8.54. The maximum Gasteiger partial charge on any atom is 0.241 e. The highest BCUT2D eigenvalue weighted by Crippen LogP contribution is 2.15. The van der Waals surface area contributed by atoms with Gasteiger partial charge in [-0.3, -0.25) is 4.79 Å². The number of unbranched alkanes of at least 4 members (excludes halogenated alkanes) is 1. The molecule has 0 aliphatic heterocycles. The van der Waals surface area contributed by atoms with Gasteiger partial charge in [-0.2, -0.15) is 0 Å². The van der Waals surface area contributed by atoms with Gasteiger partial charge in [0, 0.05) is 19.3 Å². The second-order valence-corrected chi connectivity index (χ2v) is 4.84. The van der Waals surface area contributed by atoms with Gasteiger partial charge < -0.3 is 10.2 Å². The molecule has 0 aliphatic carbocycles. The fourth-order valence-electron chi connectivity index (χ4n) is 1.75. The van der Waals surface area contributed by atoms with Crippen molar-refractivity contribution in [1.82, 2.24) is 4.90 Å². The molecule has 0 bridgehead atoms. The van der Waals surface area contributed by atoms with Crippen molar-refractivity contribution in [3.63, 3.8) is 0 Å². The highest BCUT2D eigenvalue weighted by molar-refractivity contribution is 5.80. The molecule has 1 amide bonds. The molecule has 0 heterocycles. The zero-order chi connectivity index (χ0) is 13.5. The number of nitrogens with zero attached hydrogens (tertiary/aromatic N) is 1. The van der Waals surface area contributed by atoms with E-state index in [0.717, 1.165) is 25.1 Å². The Bertz CT molecular complexity index is 401. The second kappa shape index (κ2) is 7.04. The molecule has 1 aromatic carbocycles. The number of anilines is 1. The SMILES string of the molecule is CCCCN(C)C(=O)CNc1cc(C)ccc1C. The van der Waals surface area contributed by atoms with Gasteiger partial charge in [0.05, 0.1) is 6.54 Å². The van der Waals surface area contributed by atoms with Crippen LogP contribution in [0.5, 0.6) is 0 Å². The number of amides is 1. The minimum Gasteiger partial charge on any atom is -0.376 e. The molecule has 0 aliphatic rings. The largest absolute Gasteiger partial charge is 0.376 e. The highest BCUT2D eigenvalue weighted by Gasteiger charge is 2.08. The predicted molar refractivity (Wildman–Crippen MR) is 77.0 cm³/mol. The molecule has 3 nitrogen and oxygen atoms in total. The molecular formula is C15H24N2O. The molecule has 0 fully saturated rings. The summed E-state index contributed by atoms with van der Waals surface area (Å²) >= 11 is 0. The van der Waals surface area contributed by atoms with Gasteiger partial charge >= 0.3 is 0 Å². The smallest absolute Gasteiger partial charge is 0.241 e. The Morgan fingerprint density at radius 2 is 2.06 bits per heavy atom. The van der Waals surface area contributed by atoms with Crippen LogP contribution in [0.4, 0.5) is 5.69 Å². The Kier molecular flexibility index (Phi) is 5.69. The fourth-order valence-corrected chi connectivity index (χ4v) is 1.75. The maximum atomic E-state index is 11.9. The topological polar surface area (TPSA) is 32.3 Å². The van der Waals surface area contributed by atoms with Crippen LogP contribution >= 0.6 is 0 Å². The van der Waals surface area contributed by atoms with E-state index in [1.165, 1.54) is 11.1 Å². The Balaban J connectivity index is 2.49. The maximum absolute atomic E-state index is 11.9. The van der Waals surface area contributed by atoms with E-state index in [0.29, 0.717) is 6.54 Å². The number of rotatable bonds is 6. The lowest BCUT2D eigenvalue weighted by Crippen LogP contribution is -2.33. The summed E-state index contributed by atoms with van der Waals surface area (Å²) in [6.45, 7) is 7.44. The predicted octanol–water partition coefficient (Wildman–Crippen LogP) is 2.97. The molecule has 0 unspecified atom stereocenters. The normalized spacial score (nSPS) is 10.2. The summed E-state index contributed by atoms with van der Waals surface area (Å²) in [6.07, 6.45) is 2.17. The van der Waals surface area contributed by atoms with E-state index in [1.807, 2.05) is 14.0 Å². The summed E-state index contributed by atoms with van der Waals surface area (Å²) in [5.41, 5.74) is 3.42. The van der Waals surface area contributed by atoms with Crippen molar-refractivity contribution < 1.29 is 4.79 Å². The average molecular weight is 248 g/mol. The van der Waals surface area contributed by atoms with Crippen LogP contribution in [0.3, 0.4) is 0 Å². The first-order valence-corrected chi connectivity index (χ1v) is 6.59. The monoisotopic (exact) mass is 248 g/mol. The molecule has 0 aromatic heterocycles. The Hall–Kier alpha value is -1.51. The first-order valence-electron chi connectivity index (χ1n) is 6.59. The van der Waals surface area contributed by atoms with Gasteiger partial charge in [-0.05, 0) is 37.5 Å². The molecule has 0 saturated carbocycles. The van der Waals surface area contributed by atoms with Crippen LogP contribution in [-0.2, 0) is 4.79 Å². The van der Waals surface area contributed by atoms with Gasteiger partial charge in [0.15, 0.2) is 0 Å². The summed E-state index contributed by atoms with van der Waals surface area (Å²) < 4.78 is 0. The average Bonchev–Trinajstić information content (AvgIpc) is 2.36. The van der Waals surface area contributed by atoms with Crippen molar-refractivity contribution in [3.8, 4) is 0 Å². The summed E-state index contributed by atoms with van der Waals surface area (Å²) in [6, 6.07) is 6.23. The second-order valence-electron chi connectivity index (χ2n) is 4.84. The van der Waals surface area contributed by atoms with Gasteiger partial charge in [-0.15, -0.1) is 0 Å². The molecule has 1 rings (SSSR count). The molecule has 0 radical (unpaired) electrons. The number of carbonyl (C=O) groups excluding carboxylic acids is 1. The molecule has 1 N–H and O–H groups in total. The Morgan fingerprint density at radius 1 is 1.33 bits per heavy atom. The van der Waals surface area contributed by atoms with E-state index in [9.17, 15) is 4.79 Å². The van der Waals surface area contributed by atoms with Crippen LogP contribution in [0.2, 0.25) is 0 Å². The van der Waals surface area contributed by atoms with Crippen LogP contribution in [0, 0.1) is 13.8 Å². The quantitative estimate of drug-likeness (QED) is 0.839. The lowest BCUT2D eigenvalue weighted by atomic mass is 10.1. The Labute approximate surface area is 110 Å². The van der Waals surface area contributed by atoms with Crippen molar-refractivity contribution in [2.24, 2.45) is 0 Å². The van der Waals surface area contributed by atoms with Gasteiger partial charge in [0.1, 0.15) is 0 Å². The first kappa shape index (κ1) is 14.6. The van der Waals surface area contributed by atoms with Crippen LogP contribution in [0.15, 0.2) is 18.2 Å². The van der Waals surface area contributed by atoms with Gasteiger partial charge in [-0.1, -0.05) is 25.5 Å². The van der Waals surface area contributed by atoms with Crippen LogP contribution < -0.4 is 5.32 Å². The summed E-state index contributed by atoms with van der Waals surface area (Å²) in [7, 11) is 1.86. The van der Waals surface area contributed by atoms with Gasteiger partial charge in [0.2, 0.25) is 5.91 Å². The molecule has 18 heavy (non-hydrogen) atoms. The third kappa shape index (κ3) is 4.40. The van der Waals surface area contributed by atoms with E-state index >= 15 is 0 Å². The molecule has 0 saturated heterocycles. The summed E-state index contributed by atoms with van der Waals surface area (Å²) in [5.74, 6) is 0.143. The van der Waals surface area contributed by atoms with Crippen LogP contribution in [0.1, 0.15) is 30.9 Å². The van der Waals surface area contributed by atoms with E-state index in [4.69, 9.17) is 0 Å². The Morgan fingerprint density at radius 3 is 2.72 bits per heavy atom. The summed E-state index contributed by atoms with van der Waals surface area (Å²) in [5, 5.41) is 3.22. The number of carbonyl (C=O) groups is 1. The van der Waals surface area contributed by atoms with Crippen LogP contribution in [-0.4, -0.2) is 30.9 Å². The number of aryl methyl sites for hydroxylation is 2. The van der Waals surface area contributed by atoms with E-state index in [-0.39, 0.29) is 5.91 Å². The lowest BCUT2D eigenvalue weighted by Gasteiger charge is -2.18. The lowest BCUT2D eigenvalue weighted by molar-refractivity contribution is -0.128. The third-order valence-electron chi connectivity index (χ3n) is 3.10. The van der Waals surface area contributed by atoms with Crippen molar-refractivity contribution >= 4 is 11.6 Å². The molecule has 3 heteroatoms. The highest BCUT2D eigenvalue weighted by atomic mass is 16.2. The van der Waals surface area contributed by atoms with Crippen molar-refractivity contribution in [2.45, 2.75) is 33.6 Å². The van der Waals surface area contributed by atoms with Crippen molar-refractivity contribution in [1.29, 1.82) is 0 Å². The number of likely N-dealkylation sites (N-methyl/N-ethyl adjacent to an activating group) is 1.